The molecule has 0 atom stereocenters. The number of rotatable bonds is 7. The summed E-state index contributed by atoms with van der Waals surface area (Å²) in [7, 11) is 0. The summed E-state index contributed by atoms with van der Waals surface area (Å²) in [6.07, 6.45) is 0.541. The Hall–Kier alpha value is -2.87. The minimum atomic E-state index is -0.333. The summed E-state index contributed by atoms with van der Waals surface area (Å²) in [5.41, 5.74) is 2.29. The lowest BCUT2D eigenvalue weighted by Gasteiger charge is -2.11. The van der Waals surface area contributed by atoms with Crippen molar-refractivity contribution < 1.29 is 9.18 Å². The van der Waals surface area contributed by atoms with Crippen LogP contribution in [-0.2, 0) is 11.2 Å². The summed E-state index contributed by atoms with van der Waals surface area (Å²) >= 11 is 13.2. The molecule has 32 heavy (non-hydrogen) atoms. The van der Waals surface area contributed by atoms with Crippen LogP contribution in [0.5, 0.6) is 0 Å². The largest absolute Gasteiger partial charge is 0.325 e. The Kier molecular flexibility index (Phi) is 7.09. The van der Waals surface area contributed by atoms with Crippen LogP contribution >= 0.6 is 35.0 Å². The van der Waals surface area contributed by atoms with Gasteiger partial charge in [0, 0.05) is 27.8 Å². The molecule has 4 aromatic rings. The summed E-state index contributed by atoms with van der Waals surface area (Å²) in [5.74, 6) is 0.202. The first-order chi connectivity index (χ1) is 15.5. The number of halogens is 3. The van der Waals surface area contributed by atoms with Crippen LogP contribution in [0.2, 0.25) is 10.0 Å². The van der Waals surface area contributed by atoms with E-state index in [0.717, 1.165) is 5.56 Å². The van der Waals surface area contributed by atoms with E-state index in [1.807, 2.05) is 34.9 Å². The maximum absolute atomic E-state index is 13.5. The number of benzene rings is 3. The van der Waals surface area contributed by atoms with E-state index in [0.29, 0.717) is 38.8 Å². The molecule has 162 valence electrons. The number of nitrogens with one attached hydrogen (secondary N) is 1. The van der Waals surface area contributed by atoms with Gasteiger partial charge in [-0.3, -0.25) is 9.36 Å². The van der Waals surface area contributed by atoms with Crippen LogP contribution in [0.25, 0.3) is 5.69 Å². The van der Waals surface area contributed by atoms with Crippen LogP contribution in [0.1, 0.15) is 11.4 Å². The van der Waals surface area contributed by atoms with Gasteiger partial charge in [-0.15, -0.1) is 10.2 Å². The highest BCUT2D eigenvalue weighted by Gasteiger charge is 2.17. The normalized spacial score (nSPS) is 10.8. The van der Waals surface area contributed by atoms with Gasteiger partial charge in [-0.1, -0.05) is 65.3 Å². The van der Waals surface area contributed by atoms with Gasteiger partial charge in [0.05, 0.1) is 5.75 Å². The van der Waals surface area contributed by atoms with Gasteiger partial charge in [-0.25, -0.2) is 4.39 Å². The van der Waals surface area contributed by atoms with Gasteiger partial charge in [-0.2, -0.15) is 0 Å². The van der Waals surface area contributed by atoms with E-state index in [1.165, 1.54) is 23.9 Å². The summed E-state index contributed by atoms with van der Waals surface area (Å²) in [4.78, 5) is 12.5. The molecule has 0 saturated heterocycles. The van der Waals surface area contributed by atoms with Gasteiger partial charge in [0.25, 0.3) is 0 Å². The molecule has 0 unspecified atom stereocenters. The molecule has 0 spiro atoms. The van der Waals surface area contributed by atoms with E-state index in [-0.39, 0.29) is 17.5 Å². The van der Waals surface area contributed by atoms with Crippen molar-refractivity contribution in [3.8, 4) is 5.69 Å². The monoisotopic (exact) mass is 486 g/mol. The Labute approximate surface area is 198 Å². The maximum atomic E-state index is 13.5. The van der Waals surface area contributed by atoms with Crippen molar-refractivity contribution in [2.75, 3.05) is 11.1 Å². The summed E-state index contributed by atoms with van der Waals surface area (Å²) < 4.78 is 15.3. The Morgan fingerprint density at radius 3 is 2.34 bits per heavy atom. The van der Waals surface area contributed by atoms with Crippen molar-refractivity contribution in [1.82, 2.24) is 14.8 Å². The number of hydrogen-bond donors (Lipinski definition) is 1. The van der Waals surface area contributed by atoms with Crippen LogP contribution in [0.3, 0.4) is 0 Å². The number of thioether (sulfide) groups is 1. The van der Waals surface area contributed by atoms with Crippen LogP contribution in [-0.4, -0.2) is 26.4 Å². The Balaban J connectivity index is 1.55. The average molecular weight is 487 g/mol. The zero-order chi connectivity index (χ0) is 22.5. The van der Waals surface area contributed by atoms with Gasteiger partial charge < -0.3 is 5.32 Å². The van der Waals surface area contributed by atoms with E-state index in [1.54, 1.807) is 30.3 Å². The number of aromatic nitrogens is 3. The number of nitrogens with zero attached hydrogens (tertiary/aromatic N) is 3. The zero-order valence-corrected chi connectivity index (χ0v) is 19.0. The third-order valence-electron chi connectivity index (χ3n) is 4.47. The van der Waals surface area contributed by atoms with E-state index >= 15 is 0 Å². The van der Waals surface area contributed by atoms with Crippen LogP contribution in [0, 0.1) is 5.82 Å². The third kappa shape index (κ3) is 5.68. The Morgan fingerprint density at radius 1 is 0.969 bits per heavy atom. The molecule has 3 aromatic carbocycles. The predicted molar refractivity (Wildman–Crippen MR) is 126 cm³/mol. The molecule has 0 radical (unpaired) electrons. The molecule has 0 saturated carbocycles. The number of carbonyl (C=O) groups excluding carboxylic acids is 1. The molecule has 1 heterocycles. The number of hydrogen-bond acceptors (Lipinski definition) is 4. The molecular weight excluding hydrogens is 470 g/mol. The first kappa shape index (κ1) is 22.3. The maximum Gasteiger partial charge on any atom is 0.234 e. The highest BCUT2D eigenvalue weighted by molar-refractivity contribution is 7.99. The highest BCUT2D eigenvalue weighted by atomic mass is 35.5. The van der Waals surface area contributed by atoms with Crippen LogP contribution in [0.4, 0.5) is 10.1 Å². The fraction of sp³-hybridized carbons (Fsp3) is 0.0870. The molecule has 9 heteroatoms. The van der Waals surface area contributed by atoms with Crippen LogP contribution in [0.15, 0.2) is 78.0 Å². The molecule has 0 aliphatic rings. The van der Waals surface area contributed by atoms with E-state index in [9.17, 15) is 9.18 Å². The van der Waals surface area contributed by atoms with Gasteiger partial charge >= 0.3 is 0 Å². The van der Waals surface area contributed by atoms with E-state index < -0.39 is 0 Å². The van der Waals surface area contributed by atoms with Crippen molar-refractivity contribution in [3.63, 3.8) is 0 Å². The first-order valence-electron chi connectivity index (χ1n) is 9.61. The minimum Gasteiger partial charge on any atom is -0.325 e. The van der Waals surface area contributed by atoms with E-state index in [4.69, 9.17) is 23.2 Å². The molecule has 1 N–H and O–H groups in total. The third-order valence-corrected chi connectivity index (χ3v) is 5.83. The predicted octanol–water partition coefficient (Wildman–Crippen LogP) is 6.03. The quantitative estimate of drug-likeness (QED) is 0.323. The van der Waals surface area contributed by atoms with Crippen LogP contribution < -0.4 is 5.32 Å². The van der Waals surface area contributed by atoms with Crippen molar-refractivity contribution in [2.45, 2.75) is 11.6 Å². The van der Waals surface area contributed by atoms with Gasteiger partial charge in [0.2, 0.25) is 5.91 Å². The summed E-state index contributed by atoms with van der Waals surface area (Å²) in [6, 6.07) is 20.8. The Bertz CT molecular complexity index is 1210. The molecular formula is C23H17Cl2FN4OS. The molecule has 0 fully saturated rings. The number of carbonyl (C=O) groups is 1. The van der Waals surface area contributed by atoms with Crippen molar-refractivity contribution in [3.05, 3.63) is 100 Å². The lowest BCUT2D eigenvalue weighted by molar-refractivity contribution is -0.113. The summed E-state index contributed by atoms with van der Waals surface area (Å²) in [5, 5.41) is 12.8. The second-order valence-corrected chi connectivity index (χ2v) is 8.68. The molecule has 0 aliphatic heterocycles. The first-order valence-corrected chi connectivity index (χ1v) is 11.3. The van der Waals surface area contributed by atoms with Gasteiger partial charge in [0.15, 0.2) is 5.16 Å². The highest BCUT2D eigenvalue weighted by Crippen LogP contribution is 2.25. The second kappa shape index (κ2) is 10.2. The summed E-state index contributed by atoms with van der Waals surface area (Å²) in [6.45, 7) is 0. The smallest absolute Gasteiger partial charge is 0.234 e. The standard InChI is InChI=1S/C23H17Cl2FN4OS/c24-16-11-17(25)13-19(12-16)27-22(31)14-32-23-29-28-21(10-15-4-2-1-3-5-15)30(23)20-8-6-18(26)7-9-20/h1-9,11-13H,10,14H2,(H,27,31). The Morgan fingerprint density at radius 2 is 1.66 bits per heavy atom. The topological polar surface area (TPSA) is 59.8 Å². The second-order valence-electron chi connectivity index (χ2n) is 6.87. The molecule has 0 bridgehead atoms. The van der Waals surface area contributed by atoms with Crippen molar-refractivity contribution in [1.29, 1.82) is 0 Å². The van der Waals surface area contributed by atoms with E-state index in [2.05, 4.69) is 15.5 Å². The zero-order valence-electron chi connectivity index (χ0n) is 16.6. The van der Waals surface area contributed by atoms with Crippen molar-refractivity contribution in [2.24, 2.45) is 0 Å². The molecule has 4 rings (SSSR count). The number of amides is 1. The lowest BCUT2D eigenvalue weighted by atomic mass is 10.1. The molecule has 0 aliphatic carbocycles. The average Bonchev–Trinajstić information content (AvgIpc) is 3.15. The fourth-order valence-corrected chi connectivity index (χ4v) is 4.39. The molecule has 1 aromatic heterocycles. The number of anilines is 1. The molecule has 1 amide bonds. The molecule has 5 nitrogen and oxygen atoms in total. The SMILES string of the molecule is O=C(CSc1nnc(Cc2ccccc2)n1-c1ccc(F)cc1)Nc1cc(Cl)cc(Cl)c1. The minimum absolute atomic E-state index is 0.0921. The van der Waals surface area contributed by atoms with Crippen molar-refractivity contribution >= 4 is 46.6 Å². The fourth-order valence-electron chi connectivity index (χ4n) is 3.09. The van der Waals surface area contributed by atoms with Gasteiger partial charge in [-0.05, 0) is 48.0 Å². The van der Waals surface area contributed by atoms with Gasteiger partial charge in [0.1, 0.15) is 11.6 Å². The lowest BCUT2D eigenvalue weighted by Crippen LogP contribution is -2.14.